The molecule has 0 aliphatic carbocycles. The van der Waals surface area contributed by atoms with Crippen molar-refractivity contribution in [3.8, 4) is 17.2 Å². The van der Waals surface area contributed by atoms with E-state index in [9.17, 15) is 0 Å². The Morgan fingerprint density at radius 1 is 1.20 bits per heavy atom. The van der Waals surface area contributed by atoms with E-state index < -0.39 is 0 Å². The van der Waals surface area contributed by atoms with E-state index in [0.29, 0.717) is 5.02 Å². The lowest BCUT2D eigenvalue weighted by molar-refractivity contribution is 1.23. The summed E-state index contributed by atoms with van der Waals surface area (Å²) in [4.78, 5) is 8.40. The molecule has 20 heavy (non-hydrogen) atoms. The van der Waals surface area contributed by atoms with Crippen LogP contribution < -0.4 is 0 Å². The number of nitrogens with zero attached hydrogens (tertiary/aromatic N) is 3. The van der Waals surface area contributed by atoms with Crippen LogP contribution in [-0.2, 0) is 0 Å². The molecule has 4 heteroatoms. The monoisotopic (exact) mass is 279 g/mol. The van der Waals surface area contributed by atoms with Crippen LogP contribution >= 0.6 is 11.6 Å². The molecule has 0 amide bonds. The van der Waals surface area contributed by atoms with Gasteiger partial charge in [-0.1, -0.05) is 23.7 Å². The van der Waals surface area contributed by atoms with Crippen molar-refractivity contribution in [3.05, 3.63) is 59.0 Å². The van der Waals surface area contributed by atoms with Gasteiger partial charge in [-0.2, -0.15) is 5.26 Å². The van der Waals surface area contributed by atoms with Crippen LogP contribution in [0, 0.1) is 18.3 Å². The number of benzene rings is 1. The van der Waals surface area contributed by atoms with Crippen molar-refractivity contribution in [2.75, 3.05) is 0 Å². The SMILES string of the molecule is Cc1c(-c2ccc3ncccc3c2)cnc(C#N)c1Cl. The summed E-state index contributed by atoms with van der Waals surface area (Å²) in [5.41, 5.74) is 4.01. The molecule has 3 nitrogen and oxygen atoms in total. The fourth-order valence-corrected chi connectivity index (χ4v) is 2.38. The number of fused-ring (bicyclic) bond motifs is 1. The Morgan fingerprint density at radius 2 is 2.05 bits per heavy atom. The number of nitriles is 1. The highest BCUT2D eigenvalue weighted by molar-refractivity contribution is 6.32. The lowest BCUT2D eigenvalue weighted by Crippen LogP contribution is -1.92. The summed E-state index contributed by atoms with van der Waals surface area (Å²) in [6, 6.07) is 11.9. The minimum Gasteiger partial charge on any atom is -0.256 e. The Balaban J connectivity index is 2.21. The number of halogens is 1. The third kappa shape index (κ3) is 2.01. The molecular formula is C16H10ClN3. The summed E-state index contributed by atoms with van der Waals surface area (Å²) in [5, 5.41) is 10.4. The van der Waals surface area contributed by atoms with Gasteiger partial charge in [0.2, 0.25) is 0 Å². The largest absolute Gasteiger partial charge is 0.256 e. The first-order chi connectivity index (χ1) is 9.70. The molecule has 0 spiro atoms. The number of hydrogen-bond acceptors (Lipinski definition) is 3. The van der Waals surface area contributed by atoms with Gasteiger partial charge in [-0.3, -0.25) is 4.98 Å². The van der Waals surface area contributed by atoms with Crippen molar-refractivity contribution in [3.63, 3.8) is 0 Å². The molecule has 2 heterocycles. The molecule has 0 unspecified atom stereocenters. The maximum Gasteiger partial charge on any atom is 0.159 e. The van der Waals surface area contributed by atoms with Gasteiger partial charge in [-0.15, -0.1) is 0 Å². The minimum atomic E-state index is 0.260. The van der Waals surface area contributed by atoms with Gasteiger partial charge in [0.1, 0.15) is 6.07 Å². The van der Waals surface area contributed by atoms with Crippen molar-refractivity contribution in [2.45, 2.75) is 6.92 Å². The van der Waals surface area contributed by atoms with E-state index in [0.717, 1.165) is 27.6 Å². The quantitative estimate of drug-likeness (QED) is 0.673. The van der Waals surface area contributed by atoms with Crippen LogP contribution in [-0.4, -0.2) is 9.97 Å². The molecule has 0 N–H and O–H groups in total. The van der Waals surface area contributed by atoms with Crippen LogP contribution in [0.15, 0.2) is 42.7 Å². The predicted octanol–water partition coefficient (Wildman–Crippen LogP) is 4.13. The molecule has 96 valence electrons. The second-order valence-corrected chi connectivity index (χ2v) is 4.86. The van der Waals surface area contributed by atoms with Crippen LogP contribution in [0.3, 0.4) is 0 Å². The third-order valence-electron chi connectivity index (χ3n) is 3.28. The summed E-state index contributed by atoms with van der Waals surface area (Å²) in [5.74, 6) is 0. The van der Waals surface area contributed by atoms with Crippen molar-refractivity contribution in [1.82, 2.24) is 9.97 Å². The number of aromatic nitrogens is 2. The standard InChI is InChI=1S/C16H10ClN3/c1-10-13(9-20-15(8-18)16(10)17)11-4-5-14-12(7-11)3-2-6-19-14/h2-7,9H,1H3. The lowest BCUT2D eigenvalue weighted by Gasteiger charge is -2.09. The smallest absolute Gasteiger partial charge is 0.159 e. The first kappa shape index (κ1) is 12.6. The van der Waals surface area contributed by atoms with E-state index in [1.54, 1.807) is 12.4 Å². The molecule has 1 aromatic carbocycles. The Hall–Kier alpha value is -2.44. The fourth-order valence-electron chi connectivity index (χ4n) is 2.19. The maximum absolute atomic E-state index is 8.94. The molecule has 0 radical (unpaired) electrons. The molecular weight excluding hydrogens is 270 g/mol. The molecule has 3 rings (SSSR count). The molecule has 0 fully saturated rings. The topological polar surface area (TPSA) is 49.6 Å². The van der Waals surface area contributed by atoms with Crippen LogP contribution in [0.2, 0.25) is 5.02 Å². The van der Waals surface area contributed by atoms with Gasteiger partial charge in [0.05, 0.1) is 10.5 Å². The predicted molar refractivity (Wildman–Crippen MR) is 79.4 cm³/mol. The molecule has 3 aromatic rings. The average molecular weight is 280 g/mol. The van der Waals surface area contributed by atoms with E-state index in [1.807, 2.05) is 37.3 Å². The second-order valence-electron chi connectivity index (χ2n) is 4.48. The molecule has 2 aromatic heterocycles. The number of hydrogen-bond donors (Lipinski definition) is 0. The summed E-state index contributed by atoms with van der Waals surface area (Å²) >= 11 is 6.17. The Labute approximate surface area is 121 Å². The van der Waals surface area contributed by atoms with Crippen LogP contribution in [0.4, 0.5) is 0 Å². The molecule has 0 saturated heterocycles. The van der Waals surface area contributed by atoms with Gasteiger partial charge in [0, 0.05) is 23.3 Å². The summed E-state index contributed by atoms with van der Waals surface area (Å²) in [6.45, 7) is 1.90. The highest BCUT2D eigenvalue weighted by Gasteiger charge is 2.11. The average Bonchev–Trinajstić information content (AvgIpc) is 2.49. The Morgan fingerprint density at radius 3 is 2.85 bits per heavy atom. The zero-order chi connectivity index (χ0) is 14.1. The van der Waals surface area contributed by atoms with Crippen molar-refractivity contribution < 1.29 is 0 Å². The third-order valence-corrected chi connectivity index (χ3v) is 3.75. The Kier molecular flexibility index (Phi) is 3.09. The van der Waals surface area contributed by atoms with Crippen LogP contribution in [0.25, 0.3) is 22.0 Å². The van der Waals surface area contributed by atoms with Gasteiger partial charge in [-0.05, 0) is 36.2 Å². The van der Waals surface area contributed by atoms with Crippen molar-refractivity contribution in [2.24, 2.45) is 0 Å². The number of pyridine rings is 2. The summed E-state index contributed by atoms with van der Waals surface area (Å²) < 4.78 is 0. The summed E-state index contributed by atoms with van der Waals surface area (Å²) in [6.07, 6.45) is 3.46. The van der Waals surface area contributed by atoms with Crippen molar-refractivity contribution >= 4 is 22.5 Å². The van der Waals surface area contributed by atoms with Crippen LogP contribution in [0.5, 0.6) is 0 Å². The van der Waals surface area contributed by atoms with Crippen molar-refractivity contribution in [1.29, 1.82) is 5.26 Å². The fraction of sp³-hybridized carbons (Fsp3) is 0.0625. The minimum absolute atomic E-state index is 0.260. The van der Waals surface area contributed by atoms with Gasteiger partial charge in [0.15, 0.2) is 5.69 Å². The molecule has 0 atom stereocenters. The highest BCUT2D eigenvalue weighted by Crippen LogP contribution is 2.30. The normalized spacial score (nSPS) is 10.4. The molecule has 0 aliphatic rings. The zero-order valence-electron chi connectivity index (χ0n) is 10.8. The van der Waals surface area contributed by atoms with Gasteiger partial charge in [-0.25, -0.2) is 4.98 Å². The van der Waals surface area contributed by atoms with Gasteiger partial charge >= 0.3 is 0 Å². The number of rotatable bonds is 1. The first-order valence-electron chi connectivity index (χ1n) is 6.11. The Bertz CT molecular complexity index is 850. The lowest BCUT2D eigenvalue weighted by atomic mass is 10.0. The van der Waals surface area contributed by atoms with Gasteiger partial charge < -0.3 is 0 Å². The van der Waals surface area contributed by atoms with E-state index in [4.69, 9.17) is 16.9 Å². The van der Waals surface area contributed by atoms with E-state index in [2.05, 4.69) is 16.0 Å². The van der Waals surface area contributed by atoms with Crippen LogP contribution in [0.1, 0.15) is 11.3 Å². The highest BCUT2D eigenvalue weighted by atomic mass is 35.5. The van der Waals surface area contributed by atoms with Gasteiger partial charge in [0.25, 0.3) is 0 Å². The molecule has 0 bridgehead atoms. The second kappa shape index (κ2) is 4.92. The van der Waals surface area contributed by atoms with E-state index >= 15 is 0 Å². The first-order valence-corrected chi connectivity index (χ1v) is 6.49. The molecule has 0 saturated carbocycles. The van der Waals surface area contributed by atoms with E-state index in [1.165, 1.54) is 0 Å². The van der Waals surface area contributed by atoms with E-state index in [-0.39, 0.29) is 5.69 Å². The zero-order valence-corrected chi connectivity index (χ0v) is 11.5. The maximum atomic E-state index is 8.94. The molecule has 0 aliphatic heterocycles. The summed E-state index contributed by atoms with van der Waals surface area (Å²) in [7, 11) is 0.